The molecule has 1 aromatic carbocycles. The number of carbonyl (C=O) groups excluding carboxylic acids is 2. The van der Waals surface area contributed by atoms with Gasteiger partial charge >= 0.3 is 5.97 Å². The van der Waals surface area contributed by atoms with Crippen LogP contribution in [0, 0.1) is 6.92 Å². The Bertz CT molecular complexity index is 757. The van der Waals surface area contributed by atoms with Crippen LogP contribution in [0.1, 0.15) is 18.1 Å². The second-order valence-electron chi connectivity index (χ2n) is 5.15. The van der Waals surface area contributed by atoms with Crippen molar-refractivity contribution in [3.8, 4) is 0 Å². The van der Waals surface area contributed by atoms with Crippen LogP contribution in [0.4, 0.5) is 5.69 Å². The average Bonchev–Trinajstić information content (AvgIpc) is 2.56. The highest BCUT2D eigenvalue weighted by atomic mass is 35.5. The van der Waals surface area contributed by atoms with Gasteiger partial charge in [-0.2, -0.15) is 0 Å². The highest BCUT2D eigenvalue weighted by Gasteiger charge is 2.17. The minimum absolute atomic E-state index is 0.170. The molecule has 1 atom stereocenters. The van der Waals surface area contributed by atoms with Gasteiger partial charge < -0.3 is 10.1 Å². The molecule has 0 aliphatic heterocycles. The third-order valence-electron chi connectivity index (χ3n) is 3.17. The van der Waals surface area contributed by atoms with Crippen molar-refractivity contribution in [1.82, 2.24) is 4.98 Å². The molecule has 0 aliphatic rings. The van der Waals surface area contributed by atoms with Crippen LogP contribution in [-0.4, -0.2) is 23.0 Å². The summed E-state index contributed by atoms with van der Waals surface area (Å²) < 4.78 is 5.07. The number of aromatic nitrogens is 1. The Morgan fingerprint density at radius 3 is 2.62 bits per heavy atom. The molecule has 6 heteroatoms. The number of benzene rings is 1. The van der Waals surface area contributed by atoms with Crippen LogP contribution in [0.3, 0.4) is 0 Å². The smallest absolute Gasteiger partial charge is 0.331 e. The highest BCUT2D eigenvalue weighted by molar-refractivity contribution is 6.32. The number of ether oxygens (including phenoxy) is 1. The standard InChI is InChI=1S/C18H17ClN2O3/c1-12-5-7-14(8-6-12)9-10-16(22)24-13(2)18(23)21-15-4-3-11-20-17(15)19/h3-11,13H,1-2H3,(H,21,23)/b10-9+/t13-/m0/s1. The number of halogens is 1. The number of nitrogens with one attached hydrogen (secondary N) is 1. The third-order valence-corrected chi connectivity index (χ3v) is 3.47. The second-order valence-corrected chi connectivity index (χ2v) is 5.51. The zero-order valence-corrected chi connectivity index (χ0v) is 14.1. The first kappa shape index (κ1) is 17.7. The molecule has 1 aromatic heterocycles. The molecule has 0 aliphatic carbocycles. The molecule has 124 valence electrons. The third kappa shape index (κ3) is 5.21. The zero-order chi connectivity index (χ0) is 17.5. The number of hydrogen-bond donors (Lipinski definition) is 1. The summed E-state index contributed by atoms with van der Waals surface area (Å²) in [5, 5.41) is 2.73. The molecule has 5 nitrogen and oxygen atoms in total. The SMILES string of the molecule is Cc1ccc(/C=C/C(=O)O[C@@H](C)C(=O)Nc2cccnc2Cl)cc1. The first-order chi connectivity index (χ1) is 11.5. The summed E-state index contributed by atoms with van der Waals surface area (Å²) in [5.74, 6) is -1.09. The van der Waals surface area contributed by atoms with Gasteiger partial charge in [0, 0.05) is 12.3 Å². The van der Waals surface area contributed by atoms with Crippen molar-refractivity contribution in [2.75, 3.05) is 5.32 Å². The van der Waals surface area contributed by atoms with Gasteiger partial charge in [-0.25, -0.2) is 9.78 Å². The Balaban J connectivity index is 1.90. The molecule has 0 spiro atoms. The summed E-state index contributed by atoms with van der Waals surface area (Å²) in [5.41, 5.74) is 2.37. The molecule has 0 unspecified atom stereocenters. The highest BCUT2D eigenvalue weighted by Crippen LogP contribution is 2.17. The summed E-state index contributed by atoms with van der Waals surface area (Å²) in [7, 11) is 0. The first-order valence-electron chi connectivity index (χ1n) is 7.32. The molecule has 0 fully saturated rings. The molecule has 1 heterocycles. The van der Waals surface area contributed by atoms with Crippen LogP contribution in [0.25, 0.3) is 6.08 Å². The van der Waals surface area contributed by atoms with Crippen molar-refractivity contribution < 1.29 is 14.3 Å². The van der Waals surface area contributed by atoms with Crippen molar-refractivity contribution in [2.24, 2.45) is 0 Å². The van der Waals surface area contributed by atoms with E-state index in [2.05, 4.69) is 10.3 Å². The molecule has 1 amide bonds. The molecule has 0 radical (unpaired) electrons. The van der Waals surface area contributed by atoms with Gasteiger partial charge in [0.15, 0.2) is 11.3 Å². The van der Waals surface area contributed by atoms with Crippen molar-refractivity contribution in [3.05, 3.63) is 65.0 Å². The summed E-state index contributed by atoms with van der Waals surface area (Å²) in [6, 6.07) is 10.9. The number of amides is 1. The number of anilines is 1. The van der Waals surface area contributed by atoms with Crippen molar-refractivity contribution in [1.29, 1.82) is 0 Å². The lowest BCUT2D eigenvalue weighted by Crippen LogP contribution is -2.29. The van der Waals surface area contributed by atoms with E-state index < -0.39 is 18.0 Å². The van der Waals surface area contributed by atoms with E-state index in [1.165, 1.54) is 19.2 Å². The lowest BCUT2D eigenvalue weighted by Gasteiger charge is -2.12. The van der Waals surface area contributed by atoms with Gasteiger partial charge in [0.25, 0.3) is 5.91 Å². The van der Waals surface area contributed by atoms with Crippen LogP contribution in [0.2, 0.25) is 5.15 Å². The van der Waals surface area contributed by atoms with Gasteiger partial charge in [-0.1, -0.05) is 41.4 Å². The van der Waals surface area contributed by atoms with Crippen molar-refractivity contribution in [2.45, 2.75) is 20.0 Å². The quantitative estimate of drug-likeness (QED) is 0.511. The Kier molecular flexibility index (Phi) is 6.09. The van der Waals surface area contributed by atoms with Gasteiger partial charge in [0.1, 0.15) is 0 Å². The Hall–Kier alpha value is -2.66. The number of esters is 1. The maximum Gasteiger partial charge on any atom is 0.331 e. The van der Waals surface area contributed by atoms with Crippen molar-refractivity contribution >= 4 is 35.2 Å². The fourth-order valence-electron chi connectivity index (χ4n) is 1.82. The van der Waals surface area contributed by atoms with Crippen LogP contribution >= 0.6 is 11.6 Å². The van der Waals surface area contributed by atoms with Gasteiger partial charge in [-0.15, -0.1) is 0 Å². The fraction of sp³-hybridized carbons (Fsp3) is 0.167. The number of carbonyl (C=O) groups is 2. The molecule has 0 saturated carbocycles. The molecule has 0 saturated heterocycles. The monoisotopic (exact) mass is 344 g/mol. The van der Waals surface area contributed by atoms with Crippen LogP contribution < -0.4 is 5.32 Å². The number of hydrogen-bond acceptors (Lipinski definition) is 4. The predicted molar refractivity (Wildman–Crippen MR) is 93.6 cm³/mol. The normalized spacial score (nSPS) is 12.0. The lowest BCUT2D eigenvalue weighted by molar-refractivity contribution is -0.148. The van der Waals surface area contributed by atoms with E-state index in [1.807, 2.05) is 31.2 Å². The number of nitrogens with zero attached hydrogens (tertiary/aromatic N) is 1. The lowest BCUT2D eigenvalue weighted by atomic mass is 10.1. The largest absolute Gasteiger partial charge is 0.449 e. The minimum atomic E-state index is -0.962. The molecule has 1 N–H and O–H groups in total. The summed E-state index contributed by atoms with van der Waals surface area (Å²) in [6.45, 7) is 3.47. The minimum Gasteiger partial charge on any atom is -0.449 e. The van der Waals surface area contributed by atoms with Gasteiger partial charge in [0.05, 0.1) is 5.69 Å². The maximum atomic E-state index is 12.0. The zero-order valence-electron chi connectivity index (χ0n) is 13.3. The van der Waals surface area contributed by atoms with Crippen LogP contribution in [-0.2, 0) is 14.3 Å². The van der Waals surface area contributed by atoms with E-state index in [4.69, 9.17) is 16.3 Å². The predicted octanol–water partition coefficient (Wildman–Crippen LogP) is 3.63. The molecular weight excluding hydrogens is 328 g/mol. The molecule has 2 rings (SSSR count). The fourth-order valence-corrected chi connectivity index (χ4v) is 1.99. The molecule has 2 aromatic rings. The van der Waals surface area contributed by atoms with E-state index in [0.29, 0.717) is 5.69 Å². The molecular formula is C18H17ClN2O3. The van der Waals surface area contributed by atoms with Crippen molar-refractivity contribution in [3.63, 3.8) is 0 Å². The second kappa shape index (κ2) is 8.26. The number of pyridine rings is 1. The van der Waals surface area contributed by atoms with Crippen LogP contribution in [0.5, 0.6) is 0 Å². The Labute approximate surface area is 145 Å². The topological polar surface area (TPSA) is 68.3 Å². The molecule has 0 bridgehead atoms. The summed E-state index contributed by atoms with van der Waals surface area (Å²) in [6.07, 6.45) is 3.46. The maximum absolute atomic E-state index is 12.0. The van der Waals surface area contributed by atoms with Gasteiger partial charge in [-0.3, -0.25) is 4.79 Å². The Morgan fingerprint density at radius 2 is 1.96 bits per heavy atom. The van der Waals surface area contributed by atoms with Gasteiger partial charge in [0.2, 0.25) is 0 Å². The molecule has 24 heavy (non-hydrogen) atoms. The average molecular weight is 345 g/mol. The van der Waals surface area contributed by atoms with E-state index in [-0.39, 0.29) is 5.15 Å². The summed E-state index contributed by atoms with van der Waals surface area (Å²) >= 11 is 5.86. The van der Waals surface area contributed by atoms with Gasteiger partial charge in [-0.05, 0) is 37.6 Å². The van der Waals surface area contributed by atoms with E-state index in [9.17, 15) is 9.59 Å². The van der Waals surface area contributed by atoms with E-state index >= 15 is 0 Å². The number of aryl methyl sites for hydroxylation is 1. The van der Waals surface area contributed by atoms with E-state index in [0.717, 1.165) is 11.1 Å². The Morgan fingerprint density at radius 1 is 1.25 bits per heavy atom. The number of rotatable bonds is 5. The summed E-state index contributed by atoms with van der Waals surface area (Å²) in [4.78, 5) is 27.7. The van der Waals surface area contributed by atoms with E-state index in [1.54, 1.807) is 18.2 Å². The van der Waals surface area contributed by atoms with Crippen LogP contribution in [0.15, 0.2) is 48.7 Å². The first-order valence-corrected chi connectivity index (χ1v) is 7.70.